The lowest BCUT2D eigenvalue weighted by Gasteiger charge is -2.71. The first kappa shape index (κ1) is 36.9. The predicted molar refractivity (Wildman–Crippen MR) is 199 cm³/mol. The second-order valence-corrected chi connectivity index (χ2v) is 19.0. The van der Waals surface area contributed by atoms with Gasteiger partial charge in [0.05, 0.1) is 6.54 Å². The first-order chi connectivity index (χ1) is 23.1. The molecule has 0 bridgehead atoms. The molecular formula is C42H70N4O3. The molecule has 0 radical (unpaired) electrons. The van der Waals surface area contributed by atoms with E-state index in [-0.39, 0.29) is 57.4 Å². The molecule has 7 nitrogen and oxygen atoms in total. The van der Waals surface area contributed by atoms with E-state index in [1.54, 1.807) is 5.57 Å². The lowest BCUT2D eigenvalue weighted by Crippen LogP contribution is -2.68. The van der Waals surface area contributed by atoms with Gasteiger partial charge in [-0.1, -0.05) is 85.8 Å². The van der Waals surface area contributed by atoms with Crippen LogP contribution in [0, 0.1) is 63.1 Å². The summed E-state index contributed by atoms with van der Waals surface area (Å²) in [6.07, 6.45) is 17.9. The highest BCUT2D eigenvalue weighted by atomic mass is 16.5. The molecule has 11 unspecified atom stereocenters. The average molecular weight is 679 g/mol. The monoisotopic (exact) mass is 679 g/mol. The Bertz CT molecular complexity index is 1300. The molecule has 0 spiro atoms. The summed E-state index contributed by atoms with van der Waals surface area (Å²) in [4.78, 5) is 34.2. The number of carbonyl (C=O) groups excluding carboxylic acids is 2. The molecule has 49 heavy (non-hydrogen) atoms. The van der Waals surface area contributed by atoms with Gasteiger partial charge >= 0.3 is 5.97 Å². The van der Waals surface area contributed by atoms with Crippen LogP contribution in [-0.4, -0.2) is 55.0 Å². The van der Waals surface area contributed by atoms with Gasteiger partial charge in [0.15, 0.2) is 5.96 Å². The van der Waals surface area contributed by atoms with E-state index in [4.69, 9.17) is 10.5 Å². The summed E-state index contributed by atoms with van der Waals surface area (Å²) in [5.74, 6) is 3.17. The molecule has 1 aliphatic heterocycles. The Labute approximate surface area is 298 Å². The maximum Gasteiger partial charge on any atom is 0.302 e. The third kappa shape index (κ3) is 6.32. The van der Waals surface area contributed by atoms with Crippen LogP contribution in [0.5, 0.6) is 0 Å². The summed E-state index contributed by atoms with van der Waals surface area (Å²) in [6, 6.07) is 0. The van der Waals surface area contributed by atoms with E-state index in [0.717, 1.165) is 56.7 Å². The second kappa shape index (κ2) is 13.9. The SMILES string of the molecule is CC(=O)OC1CC(C(=O)NC(N)=NCCN2CCCCCCC2)C2(C)C(CCC3(C)C2CC=C2C4C(CCC(C)C4C)CCC23C)C1(C)C. The predicted octanol–water partition coefficient (Wildman–Crippen LogP) is 8.13. The highest BCUT2D eigenvalue weighted by Gasteiger charge is 2.70. The first-order valence-electron chi connectivity index (χ1n) is 20.4. The van der Waals surface area contributed by atoms with Gasteiger partial charge in [0, 0.05) is 24.8 Å². The molecule has 1 saturated heterocycles. The normalized spacial score (nSPS) is 44.1. The molecule has 276 valence electrons. The van der Waals surface area contributed by atoms with Crippen molar-refractivity contribution < 1.29 is 14.3 Å². The minimum atomic E-state index is -0.328. The summed E-state index contributed by atoms with van der Waals surface area (Å²) in [5.41, 5.74) is 7.93. The highest BCUT2D eigenvalue weighted by Crippen LogP contribution is 2.75. The van der Waals surface area contributed by atoms with Crippen molar-refractivity contribution in [1.29, 1.82) is 0 Å². The van der Waals surface area contributed by atoms with Crippen LogP contribution < -0.4 is 11.1 Å². The van der Waals surface area contributed by atoms with Gasteiger partial charge in [-0.2, -0.15) is 0 Å². The van der Waals surface area contributed by atoms with Crippen molar-refractivity contribution in [3.63, 3.8) is 0 Å². The number of amides is 1. The molecule has 5 fully saturated rings. The van der Waals surface area contributed by atoms with Crippen molar-refractivity contribution in [2.75, 3.05) is 26.2 Å². The molecule has 6 aliphatic rings. The van der Waals surface area contributed by atoms with E-state index < -0.39 is 0 Å². The molecule has 0 aromatic heterocycles. The van der Waals surface area contributed by atoms with Gasteiger partial charge in [-0.3, -0.25) is 19.9 Å². The van der Waals surface area contributed by atoms with Gasteiger partial charge in [0.2, 0.25) is 5.91 Å². The van der Waals surface area contributed by atoms with Gasteiger partial charge in [0.25, 0.3) is 0 Å². The fourth-order valence-electron chi connectivity index (χ4n) is 13.4. The van der Waals surface area contributed by atoms with Crippen LogP contribution >= 0.6 is 0 Å². The number of hydrogen-bond acceptors (Lipinski definition) is 5. The zero-order chi connectivity index (χ0) is 35.4. The van der Waals surface area contributed by atoms with Crippen LogP contribution in [0.1, 0.15) is 139 Å². The van der Waals surface area contributed by atoms with Gasteiger partial charge in [0.1, 0.15) is 6.10 Å². The molecule has 4 saturated carbocycles. The third-order valence-electron chi connectivity index (χ3n) is 16.5. The number of nitrogens with one attached hydrogen (secondary N) is 1. The van der Waals surface area contributed by atoms with Crippen LogP contribution in [0.4, 0.5) is 0 Å². The Balaban J connectivity index is 1.30. The number of nitrogens with zero attached hydrogens (tertiary/aromatic N) is 2. The Hall–Kier alpha value is -1.89. The van der Waals surface area contributed by atoms with Crippen molar-refractivity contribution in [3.05, 3.63) is 11.6 Å². The lowest BCUT2D eigenvalue weighted by atomic mass is 9.33. The van der Waals surface area contributed by atoms with Gasteiger partial charge in [-0.25, -0.2) is 0 Å². The molecule has 0 aromatic rings. The number of esters is 1. The molecule has 1 heterocycles. The summed E-state index contributed by atoms with van der Waals surface area (Å²) in [5, 5.41) is 3.11. The van der Waals surface area contributed by atoms with E-state index in [1.807, 2.05) is 0 Å². The number of carbonyl (C=O) groups is 2. The quantitative estimate of drug-likeness (QED) is 0.133. The number of nitrogens with two attached hydrogens (primary N) is 1. The van der Waals surface area contributed by atoms with Crippen molar-refractivity contribution in [2.24, 2.45) is 73.8 Å². The van der Waals surface area contributed by atoms with E-state index in [0.29, 0.717) is 24.8 Å². The molecule has 5 aliphatic carbocycles. The summed E-state index contributed by atoms with van der Waals surface area (Å²) in [6.45, 7) is 22.4. The maximum atomic E-state index is 14.6. The Morgan fingerprint density at radius 2 is 1.65 bits per heavy atom. The Kier molecular flexibility index (Phi) is 10.5. The van der Waals surface area contributed by atoms with E-state index in [9.17, 15) is 9.59 Å². The van der Waals surface area contributed by atoms with Gasteiger partial charge < -0.3 is 15.4 Å². The lowest BCUT2D eigenvalue weighted by molar-refractivity contribution is -0.230. The van der Waals surface area contributed by atoms with Gasteiger partial charge in [-0.05, 0) is 123 Å². The second-order valence-electron chi connectivity index (χ2n) is 19.0. The van der Waals surface area contributed by atoms with Crippen LogP contribution in [0.3, 0.4) is 0 Å². The number of fused-ring (bicyclic) bond motifs is 7. The number of rotatable bonds is 5. The van der Waals surface area contributed by atoms with Crippen LogP contribution in [0.25, 0.3) is 0 Å². The standard InChI is InChI=1S/C42H70N4O3/c1-27-14-15-30-18-20-40(6)31(36(30)28(27)2)16-17-34-41(40,7)21-19-33-39(4,5)35(49-29(3)47)26-32(42(33,34)8)37(48)45-38(43)44-22-25-46-23-12-10-9-11-13-24-46/h16,27-28,30,32-36H,9-15,17-26H2,1-8H3,(H3,43,44,45,48). The molecule has 11 atom stereocenters. The third-order valence-corrected chi connectivity index (χ3v) is 16.5. The minimum Gasteiger partial charge on any atom is -0.462 e. The van der Waals surface area contributed by atoms with Gasteiger partial charge in [-0.15, -0.1) is 0 Å². The largest absolute Gasteiger partial charge is 0.462 e. The number of ether oxygens (including phenoxy) is 1. The molecule has 6 rings (SSSR count). The summed E-state index contributed by atoms with van der Waals surface area (Å²) < 4.78 is 6.09. The average Bonchev–Trinajstić information content (AvgIpc) is 3.01. The van der Waals surface area contributed by atoms with Crippen molar-refractivity contribution >= 4 is 17.8 Å². The smallest absolute Gasteiger partial charge is 0.302 e. The fraction of sp³-hybridized carbons (Fsp3) is 0.881. The first-order valence-corrected chi connectivity index (χ1v) is 20.4. The fourth-order valence-corrected chi connectivity index (χ4v) is 13.4. The van der Waals surface area contributed by atoms with Crippen LogP contribution in [0.15, 0.2) is 16.6 Å². The zero-order valence-electron chi connectivity index (χ0n) is 32.4. The van der Waals surface area contributed by atoms with Crippen LogP contribution in [0.2, 0.25) is 0 Å². The molecule has 3 N–H and O–H groups in total. The van der Waals surface area contributed by atoms with Crippen molar-refractivity contribution in [1.82, 2.24) is 10.2 Å². The number of likely N-dealkylation sites (tertiary alicyclic amines) is 1. The minimum absolute atomic E-state index is 0.0460. The molecule has 0 aromatic carbocycles. The number of hydrogen-bond donors (Lipinski definition) is 2. The number of guanidine groups is 1. The highest BCUT2D eigenvalue weighted by molar-refractivity contribution is 5.97. The topological polar surface area (TPSA) is 97.0 Å². The molecule has 7 heteroatoms. The van der Waals surface area contributed by atoms with Crippen molar-refractivity contribution in [2.45, 2.75) is 145 Å². The maximum absolute atomic E-state index is 14.6. The van der Waals surface area contributed by atoms with E-state index >= 15 is 0 Å². The summed E-state index contributed by atoms with van der Waals surface area (Å²) in [7, 11) is 0. The molecule has 1 amide bonds. The molecular weight excluding hydrogens is 608 g/mol. The Morgan fingerprint density at radius 3 is 2.35 bits per heavy atom. The summed E-state index contributed by atoms with van der Waals surface area (Å²) >= 11 is 0. The Morgan fingerprint density at radius 1 is 0.959 bits per heavy atom. The number of allylic oxidation sites excluding steroid dienone is 2. The number of aliphatic imine (C=N–C) groups is 1. The van der Waals surface area contributed by atoms with E-state index in [1.165, 1.54) is 64.7 Å². The zero-order valence-corrected chi connectivity index (χ0v) is 32.4. The van der Waals surface area contributed by atoms with Crippen LogP contribution in [-0.2, 0) is 14.3 Å². The van der Waals surface area contributed by atoms with Crippen molar-refractivity contribution in [3.8, 4) is 0 Å². The van der Waals surface area contributed by atoms with E-state index in [2.05, 4.69) is 69.8 Å².